The Balaban J connectivity index is 3.04. The highest BCUT2D eigenvalue weighted by Crippen LogP contribution is 2.24. The number of hydrogen-bond donors (Lipinski definition) is 2. The number of carbonyl (C=O) groups is 1. The van der Waals surface area contributed by atoms with Crippen molar-refractivity contribution >= 4 is 5.97 Å². The molecule has 0 heterocycles. The summed E-state index contributed by atoms with van der Waals surface area (Å²) < 4.78 is 0. The van der Waals surface area contributed by atoms with Crippen molar-refractivity contribution in [2.24, 2.45) is 0 Å². The van der Waals surface area contributed by atoms with E-state index in [0.717, 1.165) is 11.1 Å². The normalized spacial score (nSPS) is 13.6. The standard InChI is InChI=1S/C12H16O3/c1-8(13)9-4-6-10(7-5-9)12(2,3)11(14)15/h4-8,13H,1-3H3,(H,14,15). The zero-order chi connectivity index (χ0) is 11.6. The molecule has 0 saturated carbocycles. The predicted molar refractivity (Wildman–Crippen MR) is 57.7 cm³/mol. The molecule has 1 aromatic carbocycles. The number of aliphatic carboxylic acids is 1. The van der Waals surface area contributed by atoms with E-state index in [1.54, 1.807) is 45.0 Å². The van der Waals surface area contributed by atoms with Crippen molar-refractivity contribution in [3.8, 4) is 0 Å². The first-order valence-corrected chi connectivity index (χ1v) is 4.87. The van der Waals surface area contributed by atoms with Crippen LogP contribution in [-0.4, -0.2) is 16.2 Å². The molecule has 0 radical (unpaired) electrons. The summed E-state index contributed by atoms with van der Waals surface area (Å²) in [7, 11) is 0. The van der Waals surface area contributed by atoms with Crippen LogP contribution in [0.25, 0.3) is 0 Å². The Bertz CT molecular complexity index is 350. The molecule has 0 spiro atoms. The van der Waals surface area contributed by atoms with E-state index in [0.29, 0.717) is 0 Å². The van der Waals surface area contributed by atoms with E-state index in [9.17, 15) is 9.90 Å². The molecular formula is C12H16O3. The van der Waals surface area contributed by atoms with Gasteiger partial charge in [0, 0.05) is 0 Å². The van der Waals surface area contributed by atoms with Crippen LogP contribution in [0.2, 0.25) is 0 Å². The van der Waals surface area contributed by atoms with Crippen molar-refractivity contribution < 1.29 is 15.0 Å². The second kappa shape index (κ2) is 4.03. The highest BCUT2D eigenvalue weighted by molar-refractivity contribution is 5.80. The number of rotatable bonds is 3. The summed E-state index contributed by atoms with van der Waals surface area (Å²) in [5, 5.41) is 18.3. The number of hydrogen-bond acceptors (Lipinski definition) is 2. The minimum absolute atomic E-state index is 0.521. The molecule has 2 N–H and O–H groups in total. The minimum Gasteiger partial charge on any atom is -0.481 e. The van der Waals surface area contributed by atoms with Crippen LogP contribution in [0.15, 0.2) is 24.3 Å². The fraction of sp³-hybridized carbons (Fsp3) is 0.417. The topological polar surface area (TPSA) is 57.5 Å². The van der Waals surface area contributed by atoms with Crippen molar-refractivity contribution in [2.45, 2.75) is 32.3 Å². The fourth-order valence-corrected chi connectivity index (χ4v) is 1.30. The highest BCUT2D eigenvalue weighted by Gasteiger charge is 2.29. The Morgan fingerprint density at radius 2 is 1.73 bits per heavy atom. The maximum Gasteiger partial charge on any atom is 0.313 e. The van der Waals surface area contributed by atoms with Gasteiger partial charge in [-0.1, -0.05) is 24.3 Å². The number of carboxylic acid groups (broad SMARTS) is 1. The molecule has 0 aliphatic carbocycles. The molecular weight excluding hydrogens is 192 g/mol. The second-order valence-electron chi connectivity index (χ2n) is 4.23. The van der Waals surface area contributed by atoms with Gasteiger partial charge in [0.25, 0.3) is 0 Å². The lowest BCUT2D eigenvalue weighted by molar-refractivity contribution is -0.142. The molecule has 1 unspecified atom stereocenters. The molecule has 1 rings (SSSR count). The smallest absolute Gasteiger partial charge is 0.313 e. The summed E-state index contributed by atoms with van der Waals surface area (Å²) in [5.41, 5.74) is 0.636. The molecule has 1 aromatic rings. The Morgan fingerprint density at radius 3 is 2.07 bits per heavy atom. The van der Waals surface area contributed by atoms with Gasteiger partial charge in [0.1, 0.15) is 0 Å². The first-order valence-electron chi connectivity index (χ1n) is 4.87. The molecule has 82 valence electrons. The van der Waals surface area contributed by atoms with Gasteiger partial charge in [0.2, 0.25) is 0 Å². The molecule has 0 saturated heterocycles. The maximum atomic E-state index is 11.0. The third kappa shape index (κ3) is 2.36. The fourth-order valence-electron chi connectivity index (χ4n) is 1.30. The van der Waals surface area contributed by atoms with Gasteiger partial charge in [0.05, 0.1) is 11.5 Å². The molecule has 0 fully saturated rings. The number of aliphatic hydroxyl groups excluding tert-OH is 1. The first-order chi connectivity index (χ1) is 6.85. The van der Waals surface area contributed by atoms with Crippen molar-refractivity contribution in [2.75, 3.05) is 0 Å². The first kappa shape index (κ1) is 11.7. The van der Waals surface area contributed by atoms with E-state index in [4.69, 9.17) is 5.11 Å². The lowest BCUT2D eigenvalue weighted by Crippen LogP contribution is -2.28. The third-order valence-electron chi connectivity index (χ3n) is 2.65. The summed E-state index contributed by atoms with van der Waals surface area (Å²) >= 11 is 0. The lowest BCUT2D eigenvalue weighted by Gasteiger charge is -2.20. The number of benzene rings is 1. The summed E-state index contributed by atoms with van der Waals surface area (Å²) in [4.78, 5) is 11.0. The van der Waals surface area contributed by atoms with Gasteiger partial charge in [0.15, 0.2) is 0 Å². The molecule has 0 bridgehead atoms. The van der Waals surface area contributed by atoms with E-state index in [2.05, 4.69) is 0 Å². The van der Waals surface area contributed by atoms with Gasteiger partial charge < -0.3 is 10.2 Å². The van der Waals surface area contributed by atoms with Gasteiger partial charge in [-0.2, -0.15) is 0 Å². The summed E-state index contributed by atoms with van der Waals surface area (Å²) in [6, 6.07) is 7.00. The van der Waals surface area contributed by atoms with Crippen LogP contribution in [0.3, 0.4) is 0 Å². The minimum atomic E-state index is -0.892. The van der Waals surface area contributed by atoms with Crippen molar-refractivity contribution in [1.82, 2.24) is 0 Å². The van der Waals surface area contributed by atoms with Crippen LogP contribution >= 0.6 is 0 Å². The summed E-state index contributed by atoms with van der Waals surface area (Å²) in [6.45, 7) is 5.00. The third-order valence-corrected chi connectivity index (χ3v) is 2.65. The Morgan fingerprint density at radius 1 is 1.27 bits per heavy atom. The average Bonchev–Trinajstić information content (AvgIpc) is 2.17. The van der Waals surface area contributed by atoms with Gasteiger partial charge in [-0.05, 0) is 31.9 Å². The van der Waals surface area contributed by atoms with Gasteiger partial charge >= 0.3 is 5.97 Å². The van der Waals surface area contributed by atoms with Gasteiger partial charge in [-0.3, -0.25) is 4.79 Å². The van der Waals surface area contributed by atoms with E-state index in [1.807, 2.05) is 0 Å². The molecule has 15 heavy (non-hydrogen) atoms. The second-order valence-corrected chi connectivity index (χ2v) is 4.23. The summed E-state index contributed by atoms with van der Waals surface area (Å²) in [6.07, 6.45) is -0.521. The Hall–Kier alpha value is -1.35. The van der Waals surface area contributed by atoms with Crippen molar-refractivity contribution in [1.29, 1.82) is 0 Å². The molecule has 0 amide bonds. The van der Waals surface area contributed by atoms with Gasteiger partial charge in [-0.25, -0.2) is 0 Å². The molecule has 0 aliphatic rings. The van der Waals surface area contributed by atoms with Crippen LogP contribution in [0, 0.1) is 0 Å². The van der Waals surface area contributed by atoms with Gasteiger partial charge in [-0.15, -0.1) is 0 Å². The predicted octanol–water partition coefficient (Wildman–Crippen LogP) is 2.10. The largest absolute Gasteiger partial charge is 0.481 e. The monoisotopic (exact) mass is 208 g/mol. The van der Waals surface area contributed by atoms with Crippen LogP contribution in [0.5, 0.6) is 0 Å². The van der Waals surface area contributed by atoms with E-state index >= 15 is 0 Å². The van der Waals surface area contributed by atoms with Crippen LogP contribution in [-0.2, 0) is 10.2 Å². The Labute approximate surface area is 89.4 Å². The highest BCUT2D eigenvalue weighted by atomic mass is 16.4. The maximum absolute atomic E-state index is 11.0. The Kier molecular flexibility index (Phi) is 3.15. The zero-order valence-electron chi connectivity index (χ0n) is 9.19. The lowest BCUT2D eigenvalue weighted by atomic mass is 9.84. The number of carboxylic acids is 1. The van der Waals surface area contributed by atoms with E-state index in [1.165, 1.54) is 0 Å². The average molecular weight is 208 g/mol. The molecule has 1 atom stereocenters. The van der Waals surface area contributed by atoms with Crippen molar-refractivity contribution in [3.63, 3.8) is 0 Å². The van der Waals surface area contributed by atoms with Crippen molar-refractivity contribution in [3.05, 3.63) is 35.4 Å². The quantitative estimate of drug-likeness (QED) is 0.799. The van der Waals surface area contributed by atoms with Crippen LogP contribution in [0.1, 0.15) is 38.0 Å². The molecule has 0 aromatic heterocycles. The van der Waals surface area contributed by atoms with E-state index < -0.39 is 17.5 Å². The SMILES string of the molecule is CC(O)c1ccc(C(C)(C)C(=O)O)cc1. The van der Waals surface area contributed by atoms with Crippen LogP contribution in [0.4, 0.5) is 0 Å². The molecule has 3 heteroatoms. The summed E-state index contributed by atoms with van der Waals surface area (Å²) in [5.74, 6) is -0.854. The van der Waals surface area contributed by atoms with Crippen LogP contribution < -0.4 is 0 Å². The molecule has 3 nitrogen and oxygen atoms in total. The zero-order valence-corrected chi connectivity index (χ0v) is 9.19. The number of aliphatic hydroxyl groups is 1. The van der Waals surface area contributed by atoms with E-state index in [-0.39, 0.29) is 0 Å². The molecule has 0 aliphatic heterocycles.